The molecule has 0 aromatic heterocycles. The molecular weight excluding hydrogens is 226 g/mol. The van der Waals surface area contributed by atoms with Gasteiger partial charge in [-0.05, 0) is 45.8 Å². The lowest BCUT2D eigenvalue weighted by Crippen LogP contribution is -2.42. The monoisotopic (exact) mass is 255 g/mol. The molecule has 4 nitrogen and oxygen atoms in total. The summed E-state index contributed by atoms with van der Waals surface area (Å²) in [5, 5.41) is 6.43. The molecule has 18 heavy (non-hydrogen) atoms. The molecular formula is C14H29N3O. The molecule has 4 heteroatoms. The van der Waals surface area contributed by atoms with Crippen molar-refractivity contribution in [3.05, 3.63) is 0 Å². The van der Waals surface area contributed by atoms with Crippen LogP contribution in [-0.2, 0) is 4.79 Å². The fraction of sp³-hybridized carbons (Fsp3) is 0.929. The number of hydrogen-bond donors (Lipinski definition) is 2. The van der Waals surface area contributed by atoms with E-state index < -0.39 is 0 Å². The molecule has 106 valence electrons. The Labute approximate surface area is 111 Å². The lowest BCUT2D eigenvalue weighted by molar-refractivity contribution is -0.121. The van der Waals surface area contributed by atoms with Crippen molar-refractivity contribution in [2.45, 2.75) is 51.6 Å². The fourth-order valence-electron chi connectivity index (χ4n) is 2.48. The standard InChI is InChI=1S/C14H29N3O/c1-11(2)8-13(17(3)4)10-16-14(18)9-12-6-5-7-15-12/h11-13,15H,5-10H2,1-4H3,(H,16,18). The van der Waals surface area contributed by atoms with Crippen LogP contribution in [0.1, 0.15) is 39.5 Å². The van der Waals surface area contributed by atoms with Gasteiger partial charge >= 0.3 is 0 Å². The van der Waals surface area contributed by atoms with Gasteiger partial charge in [-0.2, -0.15) is 0 Å². The van der Waals surface area contributed by atoms with Crippen molar-refractivity contribution in [3.63, 3.8) is 0 Å². The third-order valence-corrected chi connectivity index (χ3v) is 3.60. The average molecular weight is 255 g/mol. The van der Waals surface area contributed by atoms with Gasteiger partial charge in [0.2, 0.25) is 5.91 Å². The molecule has 0 saturated carbocycles. The zero-order chi connectivity index (χ0) is 13.5. The van der Waals surface area contributed by atoms with Gasteiger partial charge in [-0.1, -0.05) is 13.8 Å². The Bertz CT molecular complexity index is 247. The van der Waals surface area contributed by atoms with Crippen molar-refractivity contribution in [2.24, 2.45) is 5.92 Å². The van der Waals surface area contributed by atoms with E-state index in [0.717, 1.165) is 25.9 Å². The Hall–Kier alpha value is -0.610. The zero-order valence-electron chi connectivity index (χ0n) is 12.3. The van der Waals surface area contributed by atoms with Gasteiger partial charge < -0.3 is 15.5 Å². The van der Waals surface area contributed by atoms with Crippen molar-refractivity contribution in [2.75, 3.05) is 27.2 Å². The summed E-state index contributed by atoms with van der Waals surface area (Å²) in [4.78, 5) is 14.0. The summed E-state index contributed by atoms with van der Waals surface area (Å²) in [6.07, 6.45) is 4.08. The van der Waals surface area contributed by atoms with E-state index in [9.17, 15) is 4.79 Å². The number of nitrogens with one attached hydrogen (secondary N) is 2. The zero-order valence-corrected chi connectivity index (χ0v) is 12.3. The van der Waals surface area contributed by atoms with Crippen LogP contribution in [0.2, 0.25) is 0 Å². The van der Waals surface area contributed by atoms with Crippen molar-refractivity contribution in [1.29, 1.82) is 0 Å². The number of amides is 1. The molecule has 1 aliphatic heterocycles. The second kappa shape index (κ2) is 7.74. The number of nitrogens with zero attached hydrogens (tertiary/aromatic N) is 1. The Kier molecular flexibility index (Phi) is 6.65. The van der Waals surface area contributed by atoms with Crippen LogP contribution in [0.25, 0.3) is 0 Å². The molecule has 2 N–H and O–H groups in total. The molecule has 1 amide bonds. The maximum absolute atomic E-state index is 11.8. The van der Waals surface area contributed by atoms with Crippen LogP contribution in [0.4, 0.5) is 0 Å². The molecule has 0 aromatic rings. The highest BCUT2D eigenvalue weighted by molar-refractivity contribution is 5.76. The fourth-order valence-corrected chi connectivity index (χ4v) is 2.48. The maximum atomic E-state index is 11.8. The highest BCUT2D eigenvalue weighted by atomic mass is 16.1. The maximum Gasteiger partial charge on any atom is 0.221 e. The van der Waals surface area contributed by atoms with Gasteiger partial charge in [0, 0.05) is 25.0 Å². The first-order chi connectivity index (χ1) is 8.49. The van der Waals surface area contributed by atoms with Gasteiger partial charge in [0.15, 0.2) is 0 Å². The molecule has 1 heterocycles. The van der Waals surface area contributed by atoms with E-state index in [0.29, 0.717) is 24.4 Å². The van der Waals surface area contributed by atoms with Crippen LogP contribution in [-0.4, -0.2) is 50.1 Å². The van der Waals surface area contributed by atoms with Gasteiger partial charge in [-0.15, -0.1) is 0 Å². The lowest BCUT2D eigenvalue weighted by atomic mass is 10.0. The number of hydrogen-bond acceptors (Lipinski definition) is 3. The van der Waals surface area contributed by atoms with Gasteiger partial charge in [-0.25, -0.2) is 0 Å². The van der Waals surface area contributed by atoms with Crippen molar-refractivity contribution < 1.29 is 4.79 Å². The smallest absolute Gasteiger partial charge is 0.221 e. The Balaban J connectivity index is 2.25. The van der Waals surface area contributed by atoms with Crippen LogP contribution >= 0.6 is 0 Å². The first kappa shape index (κ1) is 15.4. The first-order valence-corrected chi connectivity index (χ1v) is 7.15. The summed E-state index contributed by atoms with van der Waals surface area (Å²) in [6, 6.07) is 0.832. The highest BCUT2D eigenvalue weighted by Crippen LogP contribution is 2.10. The summed E-state index contributed by atoms with van der Waals surface area (Å²) >= 11 is 0. The van der Waals surface area contributed by atoms with Gasteiger partial charge in [0.25, 0.3) is 0 Å². The molecule has 1 rings (SSSR count). The molecule has 1 fully saturated rings. The molecule has 2 unspecified atom stereocenters. The van der Waals surface area contributed by atoms with E-state index in [-0.39, 0.29) is 5.91 Å². The average Bonchev–Trinajstić information content (AvgIpc) is 2.76. The molecule has 0 aromatic carbocycles. The van der Waals surface area contributed by atoms with Gasteiger partial charge in [0.05, 0.1) is 0 Å². The molecule has 0 radical (unpaired) electrons. The largest absolute Gasteiger partial charge is 0.354 e. The normalized spacial score (nSPS) is 21.6. The number of rotatable bonds is 7. The minimum atomic E-state index is 0.185. The van der Waals surface area contributed by atoms with E-state index in [1.54, 1.807) is 0 Å². The van der Waals surface area contributed by atoms with E-state index in [1.165, 1.54) is 6.42 Å². The number of carbonyl (C=O) groups is 1. The summed E-state index contributed by atoms with van der Waals surface area (Å²) in [5.41, 5.74) is 0. The minimum absolute atomic E-state index is 0.185. The van der Waals surface area contributed by atoms with E-state index in [1.807, 2.05) is 0 Å². The highest BCUT2D eigenvalue weighted by Gasteiger charge is 2.19. The minimum Gasteiger partial charge on any atom is -0.354 e. The number of carbonyl (C=O) groups excluding carboxylic acids is 1. The second-order valence-corrected chi connectivity index (χ2v) is 6.05. The van der Waals surface area contributed by atoms with E-state index in [4.69, 9.17) is 0 Å². The molecule has 2 atom stereocenters. The first-order valence-electron chi connectivity index (χ1n) is 7.15. The number of likely N-dealkylation sites (N-methyl/N-ethyl adjacent to an activating group) is 1. The molecule has 0 bridgehead atoms. The van der Waals surface area contributed by atoms with Crippen molar-refractivity contribution >= 4 is 5.91 Å². The third kappa shape index (κ3) is 5.83. The second-order valence-electron chi connectivity index (χ2n) is 6.05. The topological polar surface area (TPSA) is 44.4 Å². The van der Waals surface area contributed by atoms with Crippen LogP contribution < -0.4 is 10.6 Å². The lowest BCUT2D eigenvalue weighted by Gasteiger charge is -2.26. The summed E-state index contributed by atoms with van der Waals surface area (Å²) in [5.74, 6) is 0.843. The summed E-state index contributed by atoms with van der Waals surface area (Å²) < 4.78 is 0. The van der Waals surface area contributed by atoms with Crippen LogP contribution in [0, 0.1) is 5.92 Å². The predicted molar refractivity (Wildman–Crippen MR) is 75.6 cm³/mol. The third-order valence-electron chi connectivity index (χ3n) is 3.60. The van der Waals surface area contributed by atoms with Gasteiger partial charge in [0.1, 0.15) is 0 Å². The quantitative estimate of drug-likeness (QED) is 0.719. The van der Waals surface area contributed by atoms with Crippen LogP contribution in [0.15, 0.2) is 0 Å². The summed E-state index contributed by atoms with van der Waals surface area (Å²) in [6.45, 7) is 6.27. The van der Waals surface area contributed by atoms with E-state index >= 15 is 0 Å². The molecule has 0 aliphatic carbocycles. The Morgan fingerprint density at radius 1 is 1.44 bits per heavy atom. The predicted octanol–water partition coefficient (Wildman–Crippen LogP) is 1.22. The van der Waals surface area contributed by atoms with Crippen molar-refractivity contribution in [1.82, 2.24) is 15.5 Å². The van der Waals surface area contributed by atoms with Crippen molar-refractivity contribution in [3.8, 4) is 0 Å². The van der Waals surface area contributed by atoms with Gasteiger partial charge in [-0.3, -0.25) is 4.79 Å². The van der Waals surface area contributed by atoms with Crippen LogP contribution in [0.5, 0.6) is 0 Å². The summed E-state index contributed by atoms with van der Waals surface area (Å²) in [7, 11) is 4.16. The van der Waals surface area contributed by atoms with Crippen LogP contribution in [0.3, 0.4) is 0 Å². The molecule has 1 saturated heterocycles. The molecule has 0 spiro atoms. The SMILES string of the molecule is CC(C)CC(CNC(=O)CC1CCCN1)N(C)C. The van der Waals surface area contributed by atoms with E-state index in [2.05, 4.69) is 43.5 Å². The Morgan fingerprint density at radius 2 is 2.17 bits per heavy atom. The molecule has 1 aliphatic rings. The Morgan fingerprint density at radius 3 is 2.67 bits per heavy atom.